The number of nitrogens with one attached hydrogen (secondary N) is 1. The molecule has 0 saturated heterocycles. The molecule has 3 atom stereocenters. The Labute approximate surface area is 111 Å². The normalized spacial score (nSPS) is 26.1. The summed E-state index contributed by atoms with van der Waals surface area (Å²) in [5.74, 6) is 0.972. The zero-order valence-corrected chi connectivity index (χ0v) is 12.1. The van der Waals surface area contributed by atoms with Crippen LogP contribution in [0.3, 0.4) is 0 Å². The van der Waals surface area contributed by atoms with Crippen LogP contribution in [-0.4, -0.2) is 44.0 Å². The van der Waals surface area contributed by atoms with Crippen molar-refractivity contribution in [2.45, 2.75) is 45.1 Å². The van der Waals surface area contributed by atoms with E-state index in [0.717, 1.165) is 38.8 Å². The van der Waals surface area contributed by atoms with Crippen molar-refractivity contribution in [3.8, 4) is 0 Å². The largest absolute Gasteiger partial charge is 0.353 e. The molecule has 1 amide bonds. The first-order chi connectivity index (χ1) is 8.52. The Morgan fingerprint density at radius 1 is 1.44 bits per heavy atom. The van der Waals surface area contributed by atoms with E-state index >= 15 is 0 Å². The molecule has 4 heteroatoms. The number of carbonyl (C=O) groups is 1. The van der Waals surface area contributed by atoms with Crippen molar-refractivity contribution in [3.63, 3.8) is 0 Å². The fourth-order valence-corrected chi connectivity index (χ4v) is 2.63. The van der Waals surface area contributed by atoms with Crippen LogP contribution in [0.2, 0.25) is 0 Å². The number of nitrogens with zero attached hydrogens (tertiary/aromatic N) is 1. The van der Waals surface area contributed by atoms with Gasteiger partial charge in [0.15, 0.2) is 0 Å². The molecule has 0 aromatic carbocycles. The van der Waals surface area contributed by atoms with Gasteiger partial charge in [-0.15, -0.1) is 0 Å². The summed E-state index contributed by atoms with van der Waals surface area (Å²) in [7, 11) is 4.11. The van der Waals surface area contributed by atoms with Gasteiger partial charge in [0, 0.05) is 12.0 Å². The van der Waals surface area contributed by atoms with E-state index in [4.69, 9.17) is 5.73 Å². The van der Waals surface area contributed by atoms with Crippen LogP contribution in [-0.2, 0) is 4.79 Å². The third kappa shape index (κ3) is 5.36. The number of nitrogens with two attached hydrogens (primary N) is 1. The Hall–Kier alpha value is -0.610. The third-order valence-electron chi connectivity index (χ3n) is 3.88. The molecule has 0 aromatic heterocycles. The van der Waals surface area contributed by atoms with Crippen LogP contribution < -0.4 is 11.1 Å². The molecular weight excluding hydrogens is 226 g/mol. The molecule has 1 rings (SSSR count). The molecule has 1 fully saturated rings. The first-order valence-corrected chi connectivity index (χ1v) is 7.18. The molecule has 106 valence electrons. The molecule has 0 heterocycles. The van der Waals surface area contributed by atoms with Gasteiger partial charge in [0.2, 0.25) is 5.91 Å². The maximum absolute atomic E-state index is 12.1. The standard InChI is InChI=1S/C14H29N3O/c1-11(7-8-17(2)3)16-14(18)13-6-4-5-12(9-13)10-15/h11-13H,4-10,15H2,1-3H3,(H,16,18). The van der Waals surface area contributed by atoms with Crippen LogP contribution in [0, 0.1) is 11.8 Å². The van der Waals surface area contributed by atoms with E-state index in [2.05, 4.69) is 31.2 Å². The molecule has 0 bridgehead atoms. The van der Waals surface area contributed by atoms with Crippen molar-refractivity contribution in [2.24, 2.45) is 17.6 Å². The Morgan fingerprint density at radius 3 is 2.78 bits per heavy atom. The van der Waals surface area contributed by atoms with Crippen molar-refractivity contribution in [1.82, 2.24) is 10.2 Å². The van der Waals surface area contributed by atoms with Crippen molar-refractivity contribution >= 4 is 5.91 Å². The van der Waals surface area contributed by atoms with Crippen LogP contribution in [0.25, 0.3) is 0 Å². The highest BCUT2D eigenvalue weighted by atomic mass is 16.1. The minimum atomic E-state index is 0.189. The second-order valence-corrected chi connectivity index (χ2v) is 5.97. The maximum atomic E-state index is 12.1. The van der Waals surface area contributed by atoms with Gasteiger partial charge in [0.05, 0.1) is 0 Å². The first-order valence-electron chi connectivity index (χ1n) is 7.18. The lowest BCUT2D eigenvalue weighted by Crippen LogP contribution is -2.40. The summed E-state index contributed by atoms with van der Waals surface area (Å²) in [6.07, 6.45) is 5.35. The van der Waals surface area contributed by atoms with Gasteiger partial charge >= 0.3 is 0 Å². The quantitative estimate of drug-likeness (QED) is 0.750. The van der Waals surface area contributed by atoms with Gasteiger partial charge in [0.25, 0.3) is 0 Å². The van der Waals surface area contributed by atoms with Crippen LogP contribution in [0.4, 0.5) is 0 Å². The van der Waals surface area contributed by atoms with Crippen molar-refractivity contribution in [2.75, 3.05) is 27.2 Å². The molecular formula is C14H29N3O. The van der Waals surface area contributed by atoms with E-state index in [-0.39, 0.29) is 17.9 Å². The zero-order chi connectivity index (χ0) is 13.5. The van der Waals surface area contributed by atoms with Crippen molar-refractivity contribution in [3.05, 3.63) is 0 Å². The SMILES string of the molecule is CC(CCN(C)C)NC(=O)C1CCCC(CN)C1. The van der Waals surface area contributed by atoms with E-state index in [1.807, 2.05) is 0 Å². The van der Waals surface area contributed by atoms with E-state index < -0.39 is 0 Å². The van der Waals surface area contributed by atoms with Crippen LogP contribution in [0.1, 0.15) is 39.0 Å². The predicted octanol–water partition coefficient (Wildman–Crippen LogP) is 1.21. The van der Waals surface area contributed by atoms with Crippen molar-refractivity contribution < 1.29 is 4.79 Å². The molecule has 18 heavy (non-hydrogen) atoms. The summed E-state index contributed by atoms with van der Waals surface area (Å²) < 4.78 is 0. The van der Waals surface area contributed by atoms with E-state index in [9.17, 15) is 4.79 Å². The second-order valence-electron chi connectivity index (χ2n) is 5.97. The van der Waals surface area contributed by atoms with Gasteiger partial charge in [-0.2, -0.15) is 0 Å². The highest BCUT2D eigenvalue weighted by Gasteiger charge is 2.26. The molecule has 1 aliphatic rings. The summed E-state index contributed by atoms with van der Waals surface area (Å²) in [5.41, 5.74) is 5.71. The molecule has 0 aromatic rings. The molecule has 0 radical (unpaired) electrons. The second kappa shape index (κ2) is 7.74. The van der Waals surface area contributed by atoms with E-state index in [1.165, 1.54) is 6.42 Å². The minimum Gasteiger partial charge on any atom is -0.353 e. The lowest BCUT2D eigenvalue weighted by molar-refractivity contribution is -0.127. The molecule has 4 nitrogen and oxygen atoms in total. The number of hydrogen-bond donors (Lipinski definition) is 2. The Bertz CT molecular complexity index is 255. The number of hydrogen-bond acceptors (Lipinski definition) is 3. The average molecular weight is 255 g/mol. The van der Waals surface area contributed by atoms with Crippen LogP contribution in [0.5, 0.6) is 0 Å². The van der Waals surface area contributed by atoms with Gasteiger partial charge in [-0.1, -0.05) is 6.42 Å². The summed E-state index contributed by atoms with van der Waals surface area (Å²) in [4.78, 5) is 14.3. The fraction of sp³-hybridized carbons (Fsp3) is 0.929. The minimum absolute atomic E-state index is 0.189. The molecule has 0 spiro atoms. The van der Waals surface area contributed by atoms with Crippen LogP contribution in [0.15, 0.2) is 0 Å². The molecule has 1 saturated carbocycles. The van der Waals surface area contributed by atoms with Gasteiger partial charge in [-0.05, 0) is 65.7 Å². The first kappa shape index (κ1) is 15.4. The summed E-state index contributed by atoms with van der Waals surface area (Å²) >= 11 is 0. The molecule has 1 aliphatic carbocycles. The average Bonchev–Trinajstić information content (AvgIpc) is 2.36. The summed E-state index contributed by atoms with van der Waals surface area (Å²) in [6.45, 7) is 3.82. The number of amides is 1. The zero-order valence-electron chi connectivity index (χ0n) is 12.1. The van der Waals surface area contributed by atoms with Crippen molar-refractivity contribution in [1.29, 1.82) is 0 Å². The fourth-order valence-electron chi connectivity index (χ4n) is 2.63. The lowest BCUT2D eigenvalue weighted by atomic mass is 9.81. The highest BCUT2D eigenvalue weighted by molar-refractivity contribution is 5.79. The monoisotopic (exact) mass is 255 g/mol. The van der Waals surface area contributed by atoms with Gasteiger partial charge in [-0.3, -0.25) is 4.79 Å². The lowest BCUT2D eigenvalue weighted by Gasteiger charge is -2.28. The smallest absolute Gasteiger partial charge is 0.223 e. The Balaban J connectivity index is 2.30. The maximum Gasteiger partial charge on any atom is 0.223 e. The molecule has 3 unspecified atom stereocenters. The highest BCUT2D eigenvalue weighted by Crippen LogP contribution is 2.28. The predicted molar refractivity (Wildman–Crippen MR) is 75.3 cm³/mol. The number of carbonyl (C=O) groups excluding carboxylic acids is 1. The molecule has 3 N–H and O–H groups in total. The molecule has 0 aliphatic heterocycles. The summed E-state index contributed by atoms with van der Waals surface area (Å²) in [5, 5.41) is 3.14. The van der Waals surface area contributed by atoms with E-state index in [0.29, 0.717) is 5.92 Å². The van der Waals surface area contributed by atoms with Gasteiger partial charge in [0.1, 0.15) is 0 Å². The Morgan fingerprint density at radius 2 is 2.17 bits per heavy atom. The van der Waals surface area contributed by atoms with Crippen LogP contribution >= 0.6 is 0 Å². The van der Waals surface area contributed by atoms with E-state index in [1.54, 1.807) is 0 Å². The Kier molecular flexibility index (Phi) is 6.65. The number of rotatable bonds is 6. The van der Waals surface area contributed by atoms with Gasteiger partial charge in [-0.25, -0.2) is 0 Å². The topological polar surface area (TPSA) is 58.4 Å². The summed E-state index contributed by atoms with van der Waals surface area (Å²) in [6, 6.07) is 0.262. The van der Waals surface area contributed by atoms with Gasteiger partial charge < -0.3 is 16.0 Å². The third-order valence-corrected chi connectivity index (χ3v) is 3.88.